The molecule has 1 saturated carbocycles. The lowest BCUT2D eigenvalue weighted by atomic mass is 9.67. The van der Waals surface area contributed by atoms with Crippen molar-refractivity contribution in [2.45, 2.75) is 158 Å². The molecular formula is C37H74N2. The molecule has 1 aliphatic carbocycles. The summed E-state index contributed by atoms with van der Waals surface area (Å²) >= 11 is 0. The summed E-state index contributed by atoms with van der Waals surface area (Å²) < 4.78 is 0. The van der Waals surface area contributed by atoms with E-state index in [9.17, 15) is 0 Å². The second-order valence-electron chi connectivity index (χ2n) is 14.0. The highest BCUT2D eigenvalue weighted by Gasteiger charge is 2.31. The van der Waals surface area contributed by atoms with Gasteiger partial charge in [0.05, 0.1) is 5.82 Å². The molecule has 0 aromatic carbocycles. The molecule has 0 heterocycles. The number of hydrogen-bond donors (Lipinski definition) is 0. The minimum absolute atomic E-state index is 0.893. The Hall–Kier alpha value is -0.660. The van der Waals surface area contributed by atoms with Crippen LogP contribution < -0.4 is 0 Å². The first-order valence-corrected chi connectivity index (χ1v) is 17.8. The largest absolute Gasteiger partial charge is 0.362 e. The summed E-state index contributed by atoms with van der Waals surface area (Å²) in [6.07, 6.45) is 23.7. The molecule has 1 fully saturated rings. The summed E-state index contributed by atoms with van der Waals surface area (Å²) in [4.78, 5) is 4.78. The van der Waals surface area contributed by atoms with Crippen LogP contribution in [0, 0.1) is 41.4 Å². The van der Waals surface area contributed by atoms with Crippen molar-refractivity contribution >= 4 is 0 Å². The predicted octanol–water partition coefficient (Wildman–Crippen LogP) is 11.4. The summed E-state index contributed by atoms with van der Waals surface area (Å²) in [5, 5.41) is 0. The molecular weight excluding hydrogens is 472 g/mol. The van der Waals surface area contributed by atoms with Crippen molar-refractivity contribution in [3.63, 3.8) is 0 Å². The van der Waals surface area contributed by atoms with Crippen LogP contribution in [0.2, 0.25) is 0 Å². The first kappa shape index (κ1) is 36.4. The van der Waals surface area contributed by atoms with E-state index in [0.717, 1.165) is 54.5 Å². The van der Waals surface area contributed by atoms with Crippen molar-refractivity contribution in [1.82, 2.24) is 9.80 Å². The van der Waals surface area contributed by atoms with Gasteiger partial charge in [0.1, 0.15) is 0 Å². The van der Waals surface area contributed by atoms with Gasteiger partial charge >= 0.3 is 0 Å². The van der Waals surface area contributed by atoms with Crippen LogP contribution in [0.1, 0.15) is 158 Å². The highest BCUT2D eigenvalue weighted by atomic mass is 15.3. The Balaban J connectivity index is 2.13. The van der Waals surface area contributed by atoms with Gasteiger partial charge in [-0.3, -0.25) is 0 Å². The van der Waals surface area contributed by atoms with Crippen LogP contribution in [0.25, 0.3) is 0 Å². The fourth-order valence-corrected chi connectivity index (χ4v) is 8.08. The van der Waals surface area contributed by atoms with Gasteiger partial charge in [0, 0.05) is 27.2 Å². The summed E-state index contributed by atoms with van der Waals surface area (Å²) in [7, 11) is 4.48. The Bertz CT molecular complexity index is 600. The molecule has 1 aliphatic rings. The molecule has 39 heavy (non-hydrogen) atoms. The maximum atomic E-state index is 4.42. The summed E-state index contributed by atoms with van der Waals surface area (Å²) in [5.74, 6) is 7.78. The fourth-order valence-electron chi connectivity index (χ4n) is 8.08. The van der Waals surface area contributed by atoms with Crippen LogP contribution in [0.15, 0.2) is 12.4 Å². The number of rotatable bonds is 23. The standard InChI is InChI=1S/C37H74N2/c1-11-23-35(12-2)37(14-4)30(5)24-19-16-15-17-21-26-38(9)33(8)39(10)27-22-18-20-25-34-28-31(6)32(7)36(13-3)29-34/h30-32,34-37H,8,11-29H2,1-7,9-10H3. The van der Waals surface area contributed by atoms with Gasteiger partial charge in [-0.25, -0.2) is 0 Å². The first-order valence-electron chi connectivity index (χ1n) is 17.8. The number of hydrogen-bond acceptors (Lipinski definition) is 2. The van der Waals surface area contributed by atoms with Gasteiger partial charge in [0.25, 0.3) is 0 Å². The molecule has 0 aromatic heterocycles. The third-order valence-electron chi connectivity index (χ3n) is 11.1. The van der Waals surface area contributed by atoms with Crippen LogP contribution >= 0.6 is 0 Å². The lowest BCUT2D eigenvalue weighted by Crippen LogP contribution is -2.31. The third-order valence-corrected chi connectivity index (χ3v) is 11.1. The molecule has 2 heteroatoms. The van der Waals surface area contributed by atoms with Gasteiger partial charge in [-0.1, -0.05) is 139 Å². The van der Waals surface area contributed by atoms with E-state index in [1.807, 2.05) is 0 Å². The molecule has 1 rings (SSSR count). The van der Waals surface area contributed by atoms with Crippen LogP contribution in [-0.4, -0.2) is 37.0 Å². The maximum absolute atomic E-state index is 4.42. The summed E-state index contributed by atoms with van der Waals surface area (Å²) in [5.41, 5.74) is 0. The second-order valence-corrected chi connectivity index (χ2v) is 14.0. The van der Waals surface area contributed by atoms with Crippen molar-refractivity contribution in [2.24, 2.45) is 41.4 Å². The summed E-state index contributed by atoms with van der Waals surface area (Å²) in [6.45, 7) is 23.8. The zero-order valence-electron chi connectivity index (χ0n) is 28.6. The molecule has 0 N–H and O–H groups in total. The SMILES string of the molecule is C=C(N(C)CCCCCCCC(C)C(CC)C(CC)CCC)N(C)CCCCCC1CC(C)C(C)C(CC)C1. The molecule has 0 saturated heterocycles. The highest BCUT2D eigenvalue weighted by Crippen LogP contribution is 2.41. The first-order chi connectivity index (χ1) is 18.7. The number of unbranched alkanes of at least 4 members (excludes halogenated alkanes) is 6. The maximum Gasteiger partial charge on any atom is 0.0959 e. The van der Waals surface area contributed by atoms with Gasteiger partial charge in [0.2, 0.25) is 0 Å². The quantitative estimate of drug-likeness (QED) is 0.118. The minimum Gasteiger partial charge on any atom is -0.362 e. The lowest BCUT2D eigenvalue weighted by molar-refractivity contribution is 0.119. The molecule has 0 aliphatic heterocycles. The average molecular weight is 547 g/mol. The molecule has 0 bridgehead atoms. The van der Waals surface area contributed by atoms with Crippen molar-refractivity contribution in [2.75, 3.05) is 27.2 Å². The Kier molecular flexibility index (Phi) is 19.7. The Labute approximate surface area is 248 Å². The van der Waals surface area contributed by atoms with Crippen LogP contribution in [0.3, 0.4) is 0 Å². The van der Waals surface area contributed by atoms with E-state index in [0.29, 0.717) is 0 Å². The van der Waals surface area contributed by atoms with Crippen molar-refractivity contribution in [3.8, 4) is 0 Å². The Morgan fingerprint density at radius 1 is 0.769 bits per heavy atom. The monoisotopic (exact) mass is 547 g/mol. The smallest absolute Gasteiger partial charge is 0.0959 e. The highest BCUT2D eigenvalue weighted by molar-refractivity contribution is 4.90. The van der Waals surface area contributed by atoms with E-state index in [4.69, 9.17) is 0 Å². The molecule has 0 spiro atoms. The molecule has 2 nitrogen and oxygen atoms in total. The molecule has 0 radical (unpaired) electrons. The van der Waals surface area contributed by atoms with Gasteiger partial charge in [-0.05, 0) is 67.1 Å². The van der Waals surface area contributed by atoms with Crippen molar-refractivity contribution in [1.29, 1.82) is 0 Å². The predicted molar refractivity (Wildman–Crippen MR) is 177 cm³/mol. The van der Waals surface area contributed by atoms with Crippen LogP contribution in [0.4, 0.5) is 0 Å². The van der Waals surface area contributed by atoms with Crippen LogP contribution in [0.5, 0.6) is 0 Å². The zero-order chi connectivity index (χ0) is 29.2. The van der Waals surface area contributed by atoms with Gasteiger partial charge in [-0.2, -0.15) is 0 Å². The van der Waals surface area contributed by atoms with E-state index in [1.54, 1.807) is 0 Å². The normalized spacial score (nSPS) is 23.8. The van der Waals surface area contributed by atoms with E-state index in [-0.39, 0.29) is 0 Å². The topological polar surface area (TPSA) is 6.48 Å². The van der Waals surface area contributed by atoms with E-state index in [2.05, 4.69) is 78.9 Å². The molecule has 0 aromatic rings. The Morgan fingerprint density at radius 2 is 1.36 bits per heavy atom. The third kappa shape index (κ3) is 13.7. The Morgan fingerprint density at radius 3 is 1.92 bits per heavy atom. The van der Waals surface area contributed by atoms with Crippen LogP contribution in [-0.2, 0) is 0 Å². The second kappa shape index (κ2) is 21.1. The zero-order valence-corrected chi connectivity index (χ0v) is 28.6. The molecule has 0 amide bonds. The molecule has 232 valence electrons. The lowest BCUT2D eigenvalue weighted by Gasteiger charge is -2.38. The van der Waals surface area contributed by atoms with Gasteiger partial charge < -0.3 is 9.80 Å². The van der Waals surface area contributed by atoms with E-state index in [1.165, 1.54) is 115 Å². The van der Waals surface area contributed by atoms with Gasteiger partial charge in [-0.15, -0.1) is 0 Å². The van der Waals surface area contributed by atoms with Gasteiger partial charge in [0.15, 0.2) is 0 Å². The fraction of sp³-hybridized carbons (Fsp3) is 0.946. The minimum atomic E-state index is 0.893. The summed E-state index contributed by atoms with van der Waals surface area (Å²) in [6, 6.07) is 0. The molecule has 7 atom stereocenters. The van der Waals surface area contributed by atoms with E-state index >= 15 is 0 Å². The van der Waals surface area contributed by atoms with Crippen molar-refractivity contribution < 1.29 is 0 Å². The van der Waals surface area contributed by atoms with E-state index < -0.39 is 0 Å². The average Bonchev–Trinajstić information content (AvgIpc) is 2.93. The number of nitrogens with zero attached hydrogens (tertiary/aromatic N) is 2. The van der Waals surface area contributed by atoms with Crippen molar-refractivity contribution in [3.05, 3.63) is 12.4 Å². The molecule has 7 unspecified atom stereocenters.